The van der Waals surface area contributed by atoms with Gasteiger partial charge in [-0.2, -0.15) is 0 Å². The van der Waals surface area contributed by atoms with Crippen molar-refractivity contribution in [1.82, 2.24) is 0 Å². The van der Waals surface area contributed by atoms with Crippen LogP contribution in [-0.4, -0.2) is 23.9 Å². The smallest absolute Gasteiger partial charge is 0.314 e. The monoisotopic (exact) mass is 1070 g/mol. The fraction of sp³-hybridized carbons (Fsp3) is 0.389. The first-order chi connectivity index (χ1) is 39.0. The van der Waals surface area contributed by atoms with Crippen molar-refractivity contribution in [1.29, 1.82) is 0 Å². The molecule has 0 aliphatic carbocycles. The molecule has 418 valence electrons. The third-order valence-electron chi connectivity index (χ3n) is 15.9. The second kappa shape index (κ2) is 28.2. The highest BCUT2D eigenvalue weighted by atomic mass is 16.5. The van der Waals surface area contributed by atoms with Gasteiger partial charge in [-0.25, -0.2) is 0 Å². The summed E-state index contributed by atoms with van der Waals surface area (Å²) < 4.78 is 24.1. The van der Waals surface area contributed by atoms with Crippen molar-refractivity contribution in [3.8, 4) is 67.5 Å². The highest BCUT2D eigenvalue weighted by Crippen LogP contribution is 2.49. The minimum Gasteiger partial charge on any atom is -0.426 e. The van der Waals surface area contributed by atoms with E-state index in [4.69, 9.17) is 18.9 Å². The molecule has 0 aliphatic rings. The number of carbonyl (C=O) groups excluding carboxylic acids is 4. The lowest BCUT2D eigenvalue weighted by Crippen LogP contribution is -2.20. The summed E-state index contributed by atoms with van der Waals surface area (Å²) in [5.41, 5.74) is 7.86. The molecule has 0 N–H and O–H groups in total. The van der Waals surface area contributed by atoms with Gasteiger partial charge >= 0.3 is 23.9 Å². The van der Waals surface area contributed by atoms with Crippen LogP contribution >= 0.6 is 0 Å². The van der Waals surface area contributed by atoms with Crippen molar-refractivity contribution in [2.24, 2.45) is 23.7 Å². The molecule has 0 amide bonds. The first kappa shape index (κ1) is 58.8. The van der Waals surface area contributed by atoms with Crippen LogP contribution in [0.1, 0.15) is 158 Å². The second-order valence-corrected chi connectivity index (χ2v) is 21.9. The normalized spacial score (nSPS) is 11.7. The summed E-state index contributed by atoms with van der Waals surface area (Å²) >= 11 is 0. The Bertz CT molecular complexity index is 2870. The molecule has 0 aromatic heterocycles. The van der Waals surface area contributed by atoms with Crippen LogP contribution < -0.4 is 18.9 Å². The molecule has 0 spiro atoms. The lowest BCUT2D eigenvalue weighted by Gasteiger charge is -2.22. The molecule has 80 heavy (non-hydrogen) atoms. The van der Waals surface area contributed by atoms with E-state index in [1.165, 1.54) is 0 Å². The lowest BCUT2D eigenvalue weighted by molar-refractivity contribution is -0.140. The van der Waals surface area contributed by atoms with Crippen LogP contribution in [0.25, 0.3) is 76.8 Å². The van der Waals surface area contributed by atoms with Gasteiger partial charge in [0.15, 0.2) is 0 Å². The molecule has 0 fully saturated rings. The van der Waals surface area contributed by atoms with E-state index in [9.17, 15) is 19.2 Å². The molecule has 0 radical (unpaired) electrons. The standard InChI is InChI=1S/C72H82O8/c1-9-17-51(18-10-2)69(73)77-55-33-25-47(26-34-55)63-45-64(48-27-35-56(36-28-48)78-70(74)52(19-11-3)20-12-4)60-43-44-62-66(50-31-39-58(40-32-50)80-72(76)54(23-15-7)24-16-8)46-65(61-42-41-59(63)67(60)68(61)62)49-29-37-57(38-30-49)79-71(75)53(21-13-5)22-14-6/h25-46,51-54H,9-24H2,1-8H3. The van der Waals surface area contributed by atoms with E-state index in [0.29, 0.717) is 23.0 Å². The van der Waals surface area contributed by atoms with Crippen LogP contribution in [0.5, 0.6) is 23.0 Å². The number of esters is 4. The van der Waals surface area contributed by atoms with E-state index in [0.717, 1.165) is 180 Å². The number of ether oxygens (including phenoxy) is 4. The summed E-state index contributed by atoms with van der Waals surface area (Å²) in [6, 6.07) is 44.9. The zero-order valence-corrected chi connectivity index (χ0v) is 48.6. The molecule has 0 unspecified atom stereocenters. The number of carbonyl (C=O) groups is 4. The molecular formula is C72H82O8. The minimum atomic E-state index is -0.190. The van der Waals surface area contributed by atoms with Crippen LogP contribution in [0.4, 0.5) is 0 Å². The molecular weight excluding hydrogens is 993 g/mol. The Labute approximate surface area is 474 Å². The molecule has 8 heteroatoms. The summed E-state index contributed by atoms with van der Waals surface area (Å²) in [6.07, 6.45) is 13.6. The van der Waals surface area contributed by atoms with E-state index in [1.807, 2.05) is 97.1 Å². The van der Waals surface area contributed by atoms with Crippen molar-refractivity contribution in [3.63, 3.8) is 0 Å². The third kappa shape index (κ3) is 13.6. The molecule has 8 rings (SSSR count). The predicted molar refractivity (Wildman–Crippen MR) is 328 cm³/mol. The maximum atomic E-state index is 13.4. The quantitative estimate of drug-likeness (QED) is 0.0271. The van der Waals surface area contributed by atoms with E-state index in [1.54, 1.807) is 0 Å². The first-order valence-electron chi connectivity index (χ1n) is 30.0. The van der Waals surface area contributed by atoms with Gasteiger partial charge in [0.2, 0.25) is 0 Å². The highest BCUT2D eigenvalue weighted by molar-refractivity contribution is 6.32. The SMILES string of the molecule is CCCC(CCC)C(=O)Oc1ccc(-c2cc(-c3ccc(OC(=O)C(CCC)CCC)cc3)c3ccc4c(-c5ccc(OC(=O)C(CCC)CCC)cc5)cc(-c5ccc(OC(=O)C(CCC)CCC)cc5)c5ccc2c3c54)cc1. The Morgan fingerprint density at radius 1 is 0.275 bits per heavy atom. The lowest BCUT2D eigenvalue weighted by atomic mass is 9.82. The van der Waals surface area contributed by atoms with Gasteiger partial charge in [-0.15, -0.1) is 0 Å². The summed E-state index contributed by atoms with van der Waals surface area (Å²) in [7, 11) is 0. The Balaban J connectivity index is 1.31. The van der Waals surface area contributed by atoms with E-state index in [2.05, 4.69) is 91.8 Å². The van der Waals surface area contributed by atoms with Gasteiger partial charge < -0.3 is 18.9 Å². The predicted octanol–water partition coefficient (Wildman–Crippen LogP) is 19.7. The fourth-order valence-corrected chi connectivity index (χ4v) is 11.9. The van der Waals surface area contributed by atoms with Crippen molar-refractivity contribution in [3.05, 3.63) is 133 Å². The average molecular weight is 1080 g/mol. The van der Waals surface area contributed by atoms with Gasteiger partial charge in [0.05, 0.1) is 23.7 Å². The van der Waals surface area contributed by atoms with Crippen molar-refractivity contribution in [2.45, 2.75) is 158 Å². The van der Waals surface area contributed by atoms with Crippen LogP contribution in [0.3, 0.4) is 0 Å². The van der Waals surface area contributed by atoms with E-state index >= 15 is 0 Å². The van der Waals surface area contributed by atoms with Gasteiger partial charge in [0.1, 0.15) is 23.0 Å². The van der Waals surface area contributed by atoms with Crippen LogP contribution in [0.15, 0.2) is 133 Å². The summed E-state index contributed by atoms with van der Waals surface area (Å²) in [5, 5.41) is 6.37. The number of hydrogen-bond acceptors (Lipinski definition) is 8. The van der Waals surface area contributed by atoms with Crippen molar-refractivity contribution < 1.29 is 38.1 Å². The largest absolute Gasteiger partial charge is 0.426 e. The molecule has 0 saturated carbocycles. The second-order valence-electron chi connectivity index (χ2n) is 21.9. The number of benzene rings is 8. The maximum absolute atomic E-state index is 13.4. The Hall–Kier alpha value is -7.32. The molecule has 0 saturated heterocycles. The summed E-state index contributed by atoms with van der Waals surface area (Å²) in [5.74, 6) is 0.725. The molecule has 0 aliphatic heterocycles. The zero-order chi connectivity index (χ0) is 56.7. The molecule has 8 aromatic rings. The summed E-state index contributed by atoms with van der Waals surface area (Å²) in [6.45, 7) is 16.8. The van der Waals surface area contributed by atoms with Gasteiger partial charge in [0, 0.05) is 0 Å². The summed E-state index contributed by atoms with van der Waals surface area (Å²) in [4.78, 5) is 53.7. The third-order valence-corrected chi connectivity index (χ3v) is 15.9. The first-order valence-corrected chi connectivity index (χ1v) is 30.0. The molecule has 0 atom stereocenters. The van der Waals surface area contributed by atoms with Crippen molar-refractivity contribution >= 4 is 56.2 Å². The van der Waals surface area contributed by atoms with Gasteiger partial charge in [0.25, 0.3) is 0 Å². The molecule has 0 heterocycles. The van der Waals surface area contributed by atoms with Gasteiger partial charge in [-0.1, -0.05) is 180 Å². The van der Waals surface area contributed by atoms with E-state index < -0.39 is 0 Å². The zero-order valence-electron chi connectivity index (χ0n) is 48.6. The molecule has 8 nitrogen and oxygen atoms in total. The van der Waals surface area contributed by atoms with Crippen LogP contribution in [0.2, 0.25) is 0 Å². The highest BCUT2D eigenvalue weighted by Gasteiger charge is 2.25. The fourth-order valence-electron chi connectivity index (χ4n) is 11.9. The van der Waals surface area contributed by atoms with Crippen LogP contribution in [0, 0.1) is 23.7 Å². The minimum absolute atomic E-state index is 0.141. The number of rotatable bonds is 28. The number of hydrogen-bond donors (Lipinski definition) is 0. The topological polar surface area (TPSA) is 105 Å². The van der Waals surface area contributed by atoms with E-state index in [-0.39, 0.29) is 47.5 Å². The average Bonchev–Trinajstić information content (AvgIpc) is 3.56. The molecule has 0 bridgehead atoms. The van der Waals surface area contributed by atoms with Gasteiger partial charge in [-0.3, -0.25) is 19.2 Å². The Morgan fingerprint density at radius 2 is 0.450 bits per heavy atom. The maximum Gasteiger partial charge on any atom is 0.314 e. The van der Waals surface area contributed by atoms with Crippen LogP contribution in [-0.2, 0) is 19.2 Å². The molecule has 8 aromatic carbocycles. The van der Waals surface area contributed by atoms with Gasteiger partial charge in [-0.05, 0) is 189 Å². The van der Waals surface area contributed by atoms with Crippen molar-refractivity contribution in [2.75, 3.05) is 0 Å². The Kier molecular flexibility index (Phi) is 20.7. The Morgan fingerprint density at radius 3 is 0.613 bits per heavy atom.